The molecule has 0 saturated heterocycles. The average molecular weight is 205 g/mol. The predicted molar refractivity (Wildman–Crippen MR) is 68.6 cm³/mol. The second kappa shape index (κ2) is 5.20. The van der Waals surface area contributed by atoms with Gasteiger partial charge in [-0.15, -0.1) is 0 Å². The Morgan fingerprint density at radius 2 is 1.67 bits per heavy atom. The van der Waals surface area contributed by atoms with E-state index in [0.29, 0.717) is 0 Å². The van der Waals surface area contributed by atoms with Gasteiger partial charge in [0, 0.05) is 19.3 Å². The van der Waals surface area contributed by atoms with Crippen molar-refractivity contribution in [3.8, 4) is 0 Å². The standard InChI is InChI=1S/C14H23N/c1-11(2)9-10-15(5)14-12(3)7-6-8-13(14)4/h6-8,11H,9-10H2,1-5H3. The summed E-state index contributed by atoms with van der Waals surface area (Å²) >= 11 is 0. The molecule has 0 atom stereocenters. The van der Waals surface area contributed by atoms with Crippen molar-refractivity contribution in [3.63, 3.8) is 0 Å². The highest BCUT2D eigenvalue weighted by Gasteiger charge is 2.07. The molecule has 0 spiro atoms. The van der Waals surface area contributed by atoms with E-state index < -0.39 is 0 Å². The molecular weight excluding hydrogens is 182 g/mol. The highest BCUT2D eigenvalue weighted by molar-refractivity contribution is 5.58. The van der Waals surface area contributed by atoms with Crippen LogP contribution in [0.2, 0.25) is 0 Å². The van der Waals surface area contributed by atoms with Gasteiger partial charge in [-0.3, -0.25) is 0 Å². The van der Waals surface area contributed by atoms with Gasteiger partial charge >= 0.3 is 0 Å². The second-order valence-electron chi connectivity index (χ2n) is 4.84. The molecule has 84 valence electrons. The van der Waals surface area contributed by atoms with Crippen molar-refractivity contribution in [1.82, 2.24) is 0 Å². The maximum atomic E-state index is 2.38. The fraction of sp³-hybridized carbons (Fsp3) is 0.571. The molecule has 0 saturated carbocycles. The van der Waals surface area contributed by atoms with Crippen LogP contribution in [0.15, 0.2) is 18.2 Å². The zero-order valence-corrected chi connectivity index (χ0v) is 10.7. The highest BCUT2D eigenvalue weighted by Crippen LogP contribution is 2.23. The summed E-state index contributed by atoms with van der Waals surface area (Å²) in [5.41, 5.74) is 4.15. The zero-order chi connectivity index (χ0) is 11.4. The van der Waals surface area contributed by atoms with E-state index in [4.69, 9.17) is 0 Å². The fourth-order valence-electron chi connectivity index (χ4n) is 1.97. The van der Waals surface area contributed by atoms with Crippen LogP contribution in [-0.4, -0.2) is 13.6 Å². The molecule has 1 rings (SSSR count). The first-order valence-electron chi connectivity index (χ1n) is 5.79. The number of para-hydroxylation sites is 1. The maximum absolute atomic E-state index is 2.38. The Kier molecular flexibility index (Phi) is 4.19. The lowest BCUT2D eigenvalue weighted by molar-refractivity contribution is 0.584. The van der Waals surface area contributed by atoms with E-state index in [9.17, 15) is 0 Å². The summed E-state index contributed by atoms with van der Waals surface area (Å²) in [4.78, 5) is 2.38. The molecule has 0 aliphatic rings. The van der Waals surface area contributed by atoms with Crippen LogP contribution in [0.5, 0.6) is 0 Å². The SMILES string of the molecule is Cc1cccc(C)c1N(C)CCC(C)C. The van der Waals surface area contributed by atoms with Gasteiger partial charge in [0.25, 0.3) is 0 Å². The molecule has 1 nitrogen and oxygen atoms in total. The number of anilines is 1. The Bertz CT molecular complexity index is 295. The van der Waals surface area contributed by atoms with Crippen LogP contribution in [0, 0.1) is 19.8 Å². The van der Waals surface area contributed by atoms with Gasteiger partial charge in [0.15, 0.2) is 0 Å². The number of rotatable bonds is 4. The molecule has 15 heavy (non-hydrogen) atoms. The highest BCUT2D eigenvalue weighted by atomic mass is 15.1. The van der Waals surface area contributed by atoms with Crippen molar-refractivity contribution in [2.45, 2.75) is 34.1 Å². The minimum atomic E-state index is 0.775. The number of aryl methyl sites for hydroxylation is 2. The topological polar surface area (TPSA) is 3.24 Å². The Morgan fingerprint density at radius 3 is 2.13 bits per heavy atom. The van der Waals surface area contributed by atoms with Crippen LogP contribution in [0.1, 0.15) is 31.4 Å². The molecule has 1 aromatic carbocycles. The van der Waals surface area contributed by atoms with Gasteiger partial charge in [0.05, 0.1) is 0 Å². The van der Waals surface area contributed by atoms with Gasteiger partial charge < -0.3 is 4.90 Å². The third-order valence-corrected chi connectivity index (χ3v) is 2.86. The molecule has 0 bridgehead atoms. The lowest BCUT2D eigenvalue weighted by Crippen LogP contribution is -2.21. The van der Waals surface area contributed by atoms with Crippen molar-refractivity contribution in [1.29, 1.82) is 0 Å². The van der Waals surface area contributed by atoms with Crippen LogP contribution in [0.4, 0.5) is 5.69 Å². The third kappa shape index (κ3) is 3.26. The van der Waals surface area contributed by atoms with Crippen LogP contribution >= 0.6 is 0 Å². The summed E-state index contributed by atoms with van der Waals surface area (Å²) in [5, 5.41) is 0. The van der Waals surface area contributed by atoms with Gasteiger partial charge in [-0.05, 0) is 37.3 Å². The Morgan fingerprint density at radius 1 is 1.13 bits per heavy atom. The molecule has 0 fully saturated rings. The number of benzene rings is 1. The minimum Gasteiger partial charge on any atom is -0.374 e. The van der Waals surface area contributed by atoms with Gasteiger partial charge in [0.1, 0.15) is 0 Å². The lowest BCUT2D eigenvalue weighted by Gasteiger charge is -2.24. The Labute approximate surface area is 94.1 Å². The summed E-state index contributed by atoms with van der Waals surface area (Å²) in [6.45, 7) is 10.1. The normalized spacial score (nSPS) is 10.8. The maximum Gasteiger partial charge on any atom is 0.0423 e. The smallest absolute Gasteiger partial charge is 0.0423 e. The van der Waals surface area contributed by atoms with Crippen LogP contribution in [0.25, 0.3) is 0 Å². The number of hydrogen-bond acceptors (Lipinski definition) is 1. The number of hydrogen-bond donors (Lipinski definition) is 0. The van der Waals surface area contributed by atoms with E-state index in [2.05, 4.69) is 57.8 Å². The molecule has 0 aliphatic heterocycles. The number of nitrogens with zero attached hydrogens (tertiary/aromatic N) is 1. The first kappa shape index (κ1) is 12.1. The second-order valence-corrected chi connectivity index (χ2v) is 4.84. The molecule has 0 unspecified atom stereocenters. The van der Waals surface area contributed by atoms with Crippen molar-refractivity contribution in [2.75, 3.05) is 18.5 Å². The van der Waals surface area contributed by atoms with Gasteiger partial charge in [0.2, 0.25) is 0 Å². The quantitative estimate of drug-likeness (QED) is 0.723. The average Bonchev–Trinajstić information content (AvgIpc) is 2.14. The fourth-order valence-corrected chi connectivity index (χ4v) is 1.97. The van der Waals surface area contributed by atoms with E-state index >= 15 is 0 Å². The van der Waals surface area contributed by atoms with Crippen molar-refractivity contribution in [2.24, 2.45) is 5.92 Å². The van der Waals surface area contributed by atoms with Crippen molar-refractivity contribution in [3.05, 3.63) is 29.3 Å². The largest absolute Gasteiger partial charge is 0.374 e. The first-order valence-corrected chi connectivity index (χ1v) is 5.79. The molecule has 0 heterocycles. The summed E-state index contributed by atoms with van der Waals surface area (Å²) in [6, 6.07) is 6.51. The van der Waals surface area contributed by atoms with Crippen LogP contribution in [0.3, 0.4) is 0 Å². The molecule has 0 aliphatic carbocycles. The summed E-state index contributed by atoms with van der Waals surface area (Å²) in [5.74, 6) is 0.775. The van der Waals surface area contributed by atoms with Gasteiger partial charge in [-0.25, -0.2) is 0 Å². The summed E-state index contributed by atoms with van der Waals surface area (Å²) in [7, 11) is 2.19. The summed E-state index contributed by atoms with van der Waals surface area (Å²) < 4.78 is 0. The lowest BCUT2D eigenvalue weighted by atomic mass is 10.1. The molecule has 0 radical (unpaired) electrons. The molecule has 1 aromatic rings. The van der Waals surface area contributed by atoms with Crippen LogP contribution < -0.4 is 4.90 Å². The minimum absolute atomic E-state index is 0.775. The van der Waals surface area contributed by atoms with E-state index in [1.807, 2.05) is 0 Å². The molecule has 0 amide bonds. The van der Waals surface area contributed by atoms with Crippen LogP contribution in [-0.2, 0) is 0 Å². The monoisotopic (exact) mass is 205 g/mol. The predicted octanol–water partition coefficient (Wildman–Crippen LogP) is 3.79. The molecule has 0 aromatic heterocycles. The molecule has 1 heteroatoms. The Balaban J connectivity index is 2.77. The third-order valence-electron chi connectivity index (χ3n) is 2.86. The Hall–Kier alpha value is -0.980. The van der Waals surface area contributed by atoms with E-state index in [0.717, 1.165) is 12.5 Å². The van der Waals surface area contributed by atoms with Gasteiger partial charge in [-0.1, -0.05) is 32.0 Å². The molecular formula is C14H23N. The van der Waals surface area contributed by atoms with E-state index in [1.54, 1.807) is 0 Å². The summed E-state index contributed by atoms with van der Waals surface area (Å²) in [6.07, 6.45) is 1.25. The van der Waals surface area contributed by atoms with Crippen molar-refractivity contribution < 1.29 is 0 Å². The van der Waals surface area contributed by atoms with Gasteiger partial charge in [-0.2, -0.15) is 0 Å². The molecule has 0 N–H and O–H groups in total. The van der Waals surface area contributed by atoms with E-state index in [-0.39, 0.29) is 0 Å². The van der Waals surface area contributed by atoms with Crippen molar-refractivity contribution >= 4 is 5.69 Å². The first-order chi connectivity index (χ1) is 7.02. The zero-order valence-electron chi connectivity index (χ0n) is 10.7. The van der Waals surface area contributed by atoms with E-state index in [1.165, 1.54) is 23.2 Å².